The number of aliphatic imine (C=N–C) groups is 1. The first-order chi connectivity index (χ1) is 14.5. The Hall–Kier alpha value is -4.20. The second-order valence-corrected chi connectivity index (χ2v) is 6.37. The molecule has 4 rings (SSSR count). The molecule has 1 aromatic heterocycles. The van der Waals surface area contributed by atoms with Gasteiger partial charge in [0.15, 0.2) is 17.1 Å². The Morgan fingerprint density at radius 3 is 2.80 bits per heavy atom. The van der Waals surface area contributed by atoms with E-state index in [-0.39, 0.29) is 29.4 Å². The first-order valence-corrected chi connectivity index (χ1v) is 9.19. The predicted molar refractivity (Wildman–Crippen MR) is 113 cm³/mol. The predicted octanol–water partition coefficient (Wildman–Crippen LogP) is 5.26. The molecule has 0 aliphatic carbocycles. The van der Waals surface area contributed by atoms with Crippen molar-refractivity contribution in [2.75, 3.05) is 6.61 Å². The normalized spacial score (nSPS) is 11.2. The summed E-state index contributed by atoms with van der Waals surface area (Å²) in [6, 6.07) is 17.1. The lowest BCUT2D eigenvalue weighted by Crippen LogP contribution is -1.97. The topological polar surface area (TPSA) is 111 Å². The van der Waals surface area contributed by atoms with Crippen molar-refractivity contribution in [3.63, 3.8) is 0 Å². The average Bonchev–Trinajstić information content (AvgIpc) is 3.19. The molecule has 0 radical (unpaired) electrons. The van der Waals surface area contributed by atoms with Crippen LogP contribution in [0.2, 0.25) is 0 Å². The molecule has 0 saturated heterocycles. The van der Waals surface area contributed by atoms with Gasteiger partial charge in [0.1, 0.15) is 5.52 Å². The first kappa shape index (κ1) is 19.1. The molecule has 0 atom stereocenters. The highest BCUT2D eigenvalue weighted by molar-refractivity contribution is 5.88. The fourth-order valence-corrected chi connectivity index (χ4v) is 2.94. The van der Waals surface area contributed by atoms with E-state index in [0.717, 1.165) is 11.1 Å². The highest BCUT2D eigenvalue weighted by atomic mass is 16.6. The molecule has 8 nitrogen and oxygen atoms in total. The van der Waals surface area contributed by atoms with Gasteiger partial charge >= 0.3 is 0 Å². The maximum absolute atomic E-state index is 11.2. The molecule has 0 spiro atoms. The van der Waals surface area contributed by atoms with Crippen LogP contribution in [0.1, 0.15) is 12.5 Å². The lowest BCUT2D eigenvalue weighted by Gasteiger charge is -2.08. The van der Waals surface area contributed by atoms with Crippen molar-refractivity contribution in [3.8, 4) is 23.0 Å². The summed E-state index contributed by atoms with van der Waals surface area (Å²) in [7, 11) is 0. The molecule has 0 amide bonds. The number of non-ortho nitro benzene ring substituents is 1. The second kappa shape index (κ2) is 8.04. The lowest BCUT2D eigenvalue weighted by atomic mass is 10.1. The van der Waals surface area contributed by atoms with Gasteiger partial charge < -0.3 is 14.3 Å². The zero-order chi connectivity index (χ0) is 21.1. The molecular formula is C22H17N3O5. The SMILES string of the molecule is CCOc1cc([N+](=O)[O-])cc(C=Nc2cccc(-c3nc4ccccc4o3)c2)c1O. The van der Waals surface area contributed by atoms with Crippen LogP contribution >= 0.6 is 0 Å². The number of oxazole rings is 1. The number of fused-ring (bicyclic) bond motifs is 1. The first-order valence-electron chi connectivity index (χ1n) is 9.19. The van der Waals surface area contributed by atoms with Crippen LogP contribution in [0.5, 0.6) is 11.5 Å². The third-order valence-electron chi connectivity index (χ3n) is 4.34. The van der Waals surface area contributed by atoms with Gasteiger partial charge in [-0.15, -0.1) is 0 Å². The highest BCUT2D eigenvalue weighted by Crippen LogP contribution is 2.34. The molecule has 0 aliphatic rings. The van der Waals surface area contributed by atoms with Crippen LogP contribution in [0.25, 0.3) is 22.6 Å². The van der Waals surface area contributed by atoms with Crippen LogP contribution in [0, 0.1) is 10.1 Å². The molecule has 8 heteroatoms. The molecule has 0 unspecified atom stereocenters. The third kappa shape index (κ3) is 3.83. The molecule has 0 fully saturated rings. The number of rotatable bonds is 6. The van der Waals surface area contributed by atoms with Gasteiger partial charge in [0, 0.05) is 23.4 Å². The van der Waals surface area contributed by atoms with Crippen molar-refractivity contribution < 1.29 is 19.2 Å². The van der Waals surface area contributed by atoms with Crippen molar-refractivity contribution in [2.24, 2.45) is 4.99 Å². The van der Waals surface area contributed by atoms with Gasteiger partial charge in [0.25, 0.3) is 5.69 Å². The Labute approximate surface area is 171 Å². The Morgan fingerprint density at radius 2 is 2.03 bits per heavy atom. The molecular weight excluding hydrogens is 386 g/mol. The number of hydrogen-bond acceptors (Lipinski definition) is 7. The number of ether oxygens (including phenoxy) is 1. The summed E-state index contributed by atoms with van der Waals surface area (Å²) >= 11 is 0. The Bertz CT molecular complexity index is 1230. The molecule has 3 aromatic carbocycles. The van der Waals surface area contributed by atoms with E-state index in [1.807, 2.05) is 30.3 Å². The van der Waals surface area contributed by atoms with Crippen molar-refractivity contribution in [3.05, 3.63) is 76.3 Å². The van der Waals surface area contributed by atoms with E-state index in [0.29, 0.717) is 17.2 Å². The second-order valence-electron chi connectivity index (χ2n) is 6.37. The third-order valence-corrected chi connectivity index (χ3v) is 4.34. The molecule has 0 bridgehead atoms. The van der Waals surface area contributed by atoms with Crippen molar-refractivity contribution in [1.82, 2.24) is 4.98 Å². The van der Waals surface area contributed by atoms with Gasteiger partial charge in [-0.2, -0.15) is 0 Å². The highest BCUT2D eigenvalue weighted by Gasteiger charge is 2.16. The van der Waals surface area contributed by atoms with Gasteiger partial charge in [0.2, 0.25) is 5.89 Å². The number of nitrogens with zero attached hydrogens (tertiary/aromatic N) is 3. The van der Waals surface area contributed by atoms with Gasteiger partial charge in [-0.3, -0.25) is 15.1 Å². The molecule has 30 heavy (non-hydrogen) atoms. The molecule has 4 aromatic rings. The number of phenolic OH excluding ortho intramolecular Hbond substituents is 1. The minimum absolute atomic E-state index is 0.0355. The molecule has 0 aliphatic heterocycles. The Kier molecular flexibility index (Phi) is 5.13. The number of hydrogen-bond donors (Lipinski definition) is 1. The van der Waals surface area contributed by atoms with E-state index in [4.69, 9.17) is 9.15 Å². The largest absolute Gasteiger partial charge is 0.504 e. The minimum atomic E-state index is -0.548. The van der Waals surface area contributed by atoms with Crippen LogP contribution in [0.3, 0.4) is 0 Å². The van der Waals surface area contributed by atoms with Crippen molar-refractivity contribution in [2.45, 2.75) is 6.92 Å². The van der Waals surface area contributed by atoms with Gasteiger partial charge in [-0.1, -0.05) is 18.2 Å². The molecule has 0 saturated carbocycles. The number of nitro benzene ring substituents is 1. The summed E-state index contributed by atoms with van der Waals surface area (Å²) in [5.74, 6) is 0.291. The number of benzene rings is 3. The maximum Gasteiger partial charge on any atom is 0.274 e. The summed E-state index contributed by atoms with van der Waals surface area (Å²) < 4.78 is 11.1. The van der Waals surface area contributed by atoms with E-state index < -0.39 is 4.92 Å². The number of phenols is 1. The summed E-state index contributed by atoms with van der Waals surface area (Å²) in [6.45, 7) is 1.99. The quantitative estimate of drug-likeness (QED) is 0.267. The fraction of sp³-hybridized carbons (Fsp3) is 0.0909. The fourth-order valence-electron chi connectivity index (χ4n) is 2.94. The van der Waals surface area contributed by atoms with Gasteiger partial charge in [-0.25, -0.2) is 4.98 Å². The zero-order valence-electron chi connectivity index (χ0n) is 16.0. The monoisotopic (exact) mass is 403 g/mol. The smallest absolute Gasteiger partial charge is 0.274 e. The average molecular weight is 403 g/mol. The molecule has 1 heterocycles. The molecule has 1 N–H and O–H groups in total. The van der Waals surface area contributed by atoms with E-state index in [2.05, 4.69) is 9.98 Å². The van der Waals surface area contributed by atoms with E-state index in [1.54, 1.807) is 25.1 Å². The van der Waals surface area contributed by atoms with E-state index in [1.165, 1.54) is 18.3 Å². The van der Waals surface area contributed by atoms with Gasteiger partial charge in [0.05, 0.1) is 23.3 Å². The minimum Gasteiger partial charge on any atom is -0.504 e. The summed E-state index contributed by atoms with van der Waals surface area (Å²) in [6.07, 6.45) is 1.36. The van der Waals surface area contributed by atoms with E-state index >= 15 is 0 Å². The number of aromatic nitrogens is 1. The number of para-hydroxylation sites is 2. The maximum atomic E-state index is 11.2. The summed E-state index contributed by atoms with van der Waals surface area (Å²) in [4.78, 5) is 19.4. The number of nitro groups is 1. The van der Waals surface area contributed by atoms with Crippen molar-refractivity contribution >= 4 is 28.7 Å². The van der Waals surface area contributed by atoms with Crippen LogP contribution < -0.4 is 4.74 Å². The Morgan fingerprint density at radius 1 is 1.20 bits per heavy atom. The van der Waals surface area contributed by atoms with Gasteiger partial charge in [-0.05, 0) is 37.3 Å². The van der Waals surface area contributed by atoms with Crippen LogP contribution in [0.4, 0.5) is 11.4 Å². The zero-order valence-corrected chi connectivity index (χ0v) is 16.0. The summed E-state index contributed by atoms with van der Waals surface area (Å²) in [5.41, 5.74) is 2.73. The van der Waals surface area contributed by atoms with Crippen LogP contribution in [-0.4, -0.2) is 27.8 Å². The van der Waals surface area contributed by atoms with Crippen molar-refractivity contribution in [1.29, 1.82) is 0 Å². The van der Waals surface area contributed by atoms with E-state index in [9.17, 15) is 15.2 Å². The summed E-state index contributed by atoms with van der Waals surface area (Å²) in [5, 5.41) is 21.5. The Balaban J connectivity index is 1.68. The standard InChI is InChI=1S/C22H17N3O5/c1-2-29-20-12-17(25(27)28)11-15(21(20)26)13-23-16-7-5-6-14(10-16)22-24-18-8-3-4-9-19(18)30-22/h3-13,26H,2H2,1H3. The van der Waals surface area contributed by atoms with Crippen LogP contribution in [0.15, 0.2) is 70.1 Å². The van der Waals surface area contributed by atoms with Crippen LogP contribution in [-0.2, 0) is 0 Å². The lowest BCUT2D eigenvalue weighted by molar-refractivity contribution is -0.385. The molecule has 150 valence electrons. The number of aromatic hydroxyl groups is 1.